The Labute approximate surface area is 149 Å². The standard InChI is InChI=1S/C19H28N2O4/c1-3-15-7-4-5-9-17(15)25-14-18(22)21-11-6-8-16(10-12-21)20(2)13-19(23)24/h4-5,7,9,16H,3,6,8,10-14H2,1-2H3,(H,23,24). The van der Waals surface area contributed by atoms with Gasteiger partial charge in [0.05, 0.1) is 6.54 Å². The number of carbonyl (C=O) groups is 2. The fraction of sp³-hybridized carbons (Fsp3) is 0.579. The first-order valence-electron chi connectivity index (χ1n) is 8.91. The molecule has 0 aromatic heterocycles. The Morgan fingerprint density at radius 1 is 1.28 bits per heavy atom. The second-order valence-electron chi connectivity index (χ2n) is 6.52. The number of amides is 1. The number of para-hydroxylation sites is 1. The molecule has 1 atom stereocenters. The Hall–Kier alpha value is -2.08. The van der Waals surface area contributed by atoms with Gasteiger partial charge in [-0.05, 0) is 44.4 Å². The number of carboxylic acid groups (broad SMARTS) is 1. The summed E-state index contributed by atoms with van der Waals surface area (Å²) in [6.45, 7) is 3.50. The van der Waals surface area contributed by atoms with Crippen molar-refractivity contribution in [1.29, 1.82) is 0 Å². The summed E-state index contributed by atoms with van der Waals surface area (Å²) >= 11 is 0. The third kappa shape index (κ3) is 5.74. The van der Waals surface area contributed by atoms with Gasteiger partial charge in [0.25, 0.3) is 5.91 Å². The maximum atomic E-state index is 12.5. The van der Waals surface area contributed by atoms with Crippen LogP contribution in [-0.4, -0.2) is 66.1 Å². The van der Waals surface area contributed by atoms with E-state index in [9.17, 15) is 9.59 Å². The molecule has 6 heteroatoms. The number of likely N-dealkylation sites (N-methyl/N-ethyl adjacent to an activating group) is 1. The Balaban J connectivity index is 1.85. The second-order valence-corrected chi connectivity index (χ2v) is 6.52. The highest BCUT2D eigenvalue weighted by molar-refractivity contribution is 5.77. The van der Waals surface area contributed by atoms with Gasteiger partial charge in [0.2, 0.25) is 0 Å². The molecule has 0 aliphatic carbocycles. The molecule has 1 aromatic rings. The van der Waals surface area contributed by atoms with E-state index >= 15 is 0 Å². The average Bonchev–Trinajstić information content (AvgIpc) is 2.85. The van der Waals surface area contributed by atoms with Crippen molar-refractivity contribution in [2.75, 3.05) is 33.3 Å². The van der Waals surface area contributed by atoms with E-state index in [0.717, 1.165) is 37.0 Å². The number of carboxylic acids is 1. The minimum absolute atomic E-state index is 0.00700. The predicted molar refractivity (Wildman–Crippen MR) is 95.8 cm³/mol. The molecule has 2 rings (SSSR count). The molecule has 1 unspecified atom stereocenters. The third-order valence-electron chi connectivity index (χ3n) is 4.76. The Kier molecular flexibility index (Phi) is 7.25. The van der Waals surface area contributed by atoms with E-state index in [-0.39, 0.29) is 25.1 Å². The maximum Gasteiger partial charge on any atom is 0.317 e. The highest BCUT2D eigenvalue weighted by atomic mass is 16.5. The van der Waals surface area contributed by atoms with Gasteiger partial charge < -0.3 is 14.7 Å². The first-order chi connectivity index (χ1) is 12.0. The van der Waals surface area contributed by atoms with E-state index in [0.29, 0.717) is 13.1 Å². The van der Waals surface area contributed by atoms with Crippen LogP contribution in [0.4, 0.5) is 0 Å². The van der Waals surface area contributed by atoms with Crippen molar-refractivity contribution in [3.05, 3.63) is 29.8 Å². The number of hydrogen-bond donors (Lipinski definition) is 1. The molecular weight excluding hydrogens is 320 g/mol. The van der Waals surface area contributed by atoms with Crippen molar-refractivity contribution < 1.29 is 19.4 Å². The van der Waals surface area contributed by atoms with Gasteiger partial charge in [-0.1, -0.05) is 25.1 Å². The molecular formula is C19H28N2O4. The number of ether oxygens (including phenoxy) is 1. The molecule has 25 heavy (non-hydrogen) atoms. The summed E-state index contributed by atoms with van der Waals surface area (Å²) in [5.41, 5.74) is 1.10. The SMILES string of the molecule is CCc1ccccc1OCC(=O)N1CCCC(N(C)CC(=O)O)CC1. The maximum absolute atomic E-state index is 12.5. The summed E-state index contributed by atoms with van der Waals surface area (Å²) in [5, 5.41) is 8.92. The zero-order valence-electron chi connectivity index (χ0n) is 15.1. The van der Waals surface area contributed by atoms with Crippen molar-refractivity contribution in [2.24, 2.45) is 0 Å². The summed E-state index contributed by atoms with van der Waals surface area (Å²) in [7, 11) is 1.83. The van der Waals surface area contributed by atoms with Gasteiger partial charge >= 0.3 is 5.97 Å². The largest absolute Gasteiger partial charge is 0.483 e. The van der Waals surface area contributed by atoms with Crippen LogP contribution in [0.5, 0.6) is 5.75 Å². The lowest BCUT2D eigenvalue weighted by Crippen LogP contribution is -2.38. The van der Waals surface area contributed by atoms with Crippen molar-refractivity contribution in [3.63, 3.8) is 0 Å². The highest BCUT2D eigenvalue weighted by Gasteiger charge is 2.24. The molecule has 0 saturated carbocycles. The second kappa shape index (κ2) is 9.42. The summed E-state index contributed by atoms with van der Waals surface area (Å²) < 4.78 is 5.73. The summed E-state index contributed by atoms with van der Waals surface area (Å²) in [4.78, 5) is 27.0. The van der Waals surface area contributed by atoms with E-state index in [4.69, 9.17) is 9.84 Å². The molecule has 1 aromatic carbocycles. The zero-order chi connectivity index (χ0) is 18.2. The van der Waals surface area contributed by atoms with Crippen LogP contribution >= 0.6 is 0 Å². The van der Waals surface area contributed by atoms with Gasteiger partial charge in [-0.3, -0.25) is 14.5 Å². The van der Waals surface area contributed by atoms with Crippen molar-refractivity contribution >= 4 is 11.9 Å². The van der Waals surface area contributed by atoms with Crippen LogP contribution in [0.2, 0.25) is 0 Å². The van der Waals surface area contributed by atoms with Crippen molar-refractivity contribution in [1.82, 2.24) is 9.80 Å². The molecule has 138 valence electrons. The van der Waals surface area contributed by atoms with Gasteiger partial charge in [0.15, 0.2) is 6.61 Å². The fourth-order valence-electron chi connectivity index (χ4n) is 3.28. The minimum atomic E-state index is -0.817. The number of carbonyl (C=O) groups excluding carboxylic acids is 1. The molecule has 1 heterocycles. The molecule has 0 spiro atoms. The number of aliphatic carboxylic acids is 1. The number of benzene rings is 1. The summed E-state index contributed by atoms with van der Waals surface area (Å²) in [6, 6.07) is 7.99. The summed E-state index contributed by atoms with van der Waals surface area (Å²) in [6.07, 6.45) is 3.45. The number of likely N-dealkylation sites (tertiary alicyclic amines) is 1. The van der Waals surface area contributed by atoms with E-state index < -0.39 is 5.97 Å². The first kappa shape index (κ1) is 19.2. The van der Waals surface area contributed by atoms with Gasteiger partial charge in [-0.25, -0.2) is 0 Å². The van der Waals surface area contributed by atoms with Gasteiger partial charge in [0, 0.05) is 19.1 Å². The smallest absolute Gasteiger partial charge is 0.317 e. The third-order valence-corrected chi connectivity index (χ3v) is 4.76. The quantitative estimate of drug-likeness (QED) is 0.816. The van der Waals surface area contributed by atoms with E-state index in [2.05, 4.69) is 6.92 Å². The molecule has 1 fully saturated rings. The molecule has 6 nitrogen and oxygen atoms in total. The van der Waals surface area contributed by atoms with Crippen LogP contribution in [0.1, 0.15) is 31.7 Å². The van der Waals surface area contributed by atoms with Crippen LogP contribution in [0, 0.1) is 0 Å². The van der Waals surface area contributed by atoms with Crippen LogP contribution in [-0.2, 0) is 16.0 Å². The topological polar surface area (TPSA) is 70.1 Å². The van der Waals surface area contributed by atoms with Crippen molar-refractivity contribution in [3.8, 4) is 5.75 Å². The molecule has 0 bridgehead atoms. The van der Waals surface area contributed by atoms with E-state index in [1.54, 1.807) is 0 Å². The highest BCUT2D eigenvalue weighted by Crippen LogP contribution is 2.19. The number of hydrogen-bond acceptors (Lipinski definition) is 4. The normalized spacial score (nSPS) is 18.0. The Bertz CT molecular complexity index is 591. The summed E-state index contributed by atoms with van der Waals surface area (Å²) in [5.74, 6) is -0.0534. The van der Waals surface area contributed by atoms with Gasteiger partial charge in [-0.15, -0.1) is 0 Å². The predicted octanol–water partition coefficient (Wildman–Crippen LogP) is 2.03. The average molecular weight is 348 g/mol. The Morgan fingerprint density at radius 3 is 2.76 bits per heavy atom. The lowest BCUT2D eigenvalue weighted by Gasteiger charge is -2.25. The zero-order valence-corrected chi connectivity index (χ0v) is 15.1. The lowest BCUT2D eigenvalue weighted by molar-refractivity contribution is -0.138. The fourth-order valence-corrected chi connectivity index (χ4v) is 3.28. The van der Waals surface area contributed by atoms with E-state index in [1.807, 2.05) is 41.1 Å². The van der Waals surface area contributed by atoms with Gasteiger partial charge in [-0.2, -0.15) is 0 Å². The molecule has 1 aliphatic heterocycles. The number of rotatable bonds is 7. The van der Waals surface area contributed by atoms with Crippen molar-refractivity contribution in [2.45, 2.75) is 38.6 Å². The monoisotopic (exact) mass is 348 g/mol. The minimum Gasteiger partial charge on any atom is -0.483 e. The van der Waals surface area contributed by atoms with Gasteiger partial charge in [0.1, 0.15) is 5.75 Å². The van der Waals surface area contributed by atoms with Crippen LogP contribution in [0.3, 0.4) is 0 Å². The molecule has 1 N–H and O–H groups in total. The number of nitrogens with zero attached hydrogens (tertiary/aromatic N) is 2. The molecule has 1 saturated heterocycles. The van der Waals surface area contributed by atoms with Crippen LogP contribution in [0.15, 0.2) is 24.3 Å². The molecule has 1 amide bonds. The van der Waals surface area contributed by atoms with Crippen LogP contribution in [0.25, 0.3) is 0 Å². The number of aryl methyl sites for hydroxylation is 1. The van der Waals surface area contributed by atoms with E-state index in [1.165, 1.54) is 0 Å². The first-order valence-corrected chi connectivity index (χ1v) is 8.91. The lowest BCUT2D eigenvalue weighted by atomic mass is 10.1. The Morgan fingerprint density at radius 2 is 2.04 bits per heavy atom. The van der Waals surface area contributed by atoms with Crippen LogP contribution < -0.4 is 4.74 Å². The molecule has 1 aliphatic rings. The molecule has 0 radical (unpaired) electrons.